The van der Waals surface area contributed by atoms with Gasteiger partial charge in [0.2, 0.25) is 0 Å². The molecule has 0 unspecified atom stereocenters. The minimum Gasteiger partial charge on any atom is -0.324 e. The van der Waals surface area contributed by atoms with E-state index in [1.54, 1.807) is 0 Å². The lowest BCUT2D eigenvalue weighted by Gasteiger charge is -2.38. The molecule has 2 nitrogen and oxygen atoms in total. The zero-order chi connectivity index (χ0) is 11.4. The summed E-state index contributed by atoms with van der Waals surface area (Å²) in [5, 5.41) is 3.72. The fraction of sp³-hybridized carbons (Fsp3) is 1.00. The SMILES string of the molecule is CCC(N)(CC)CNC1(C)CCCCC1. The number of hydrogen-bond donors (Lipinski definition) is 2. The van der Waals surface area contributed by atoms with Crippen molar-refractivity contribution in [2.24, 2.45) is 5.73 Å². The molecule has 1 rings (SSSR count). The molecule has 0 atom stereocenters. The van der Waals surface area contributed by atoms with E-state index in [1.165, 1.54) is 32.1 Å². The molecule has 0 aromatic heterocycles. The third kappa shape index (κ3) is 3.76. The fourth-order valence-electron chi connectivity index (χ4n) is 2.40. The Morgan fingerprint density at radius 1 is 1.13 bits per heavy atom. The normalized spacial score (nSPS) is 21.6. The Hall–Kier alpha value is -0.0800. The van der Waals surface area contributed by atoms with Crippen LogP contribution in [0, 0.1) is 0 Å². The second kappa shape index (κ2) is 5.31. The molecule has 1 aliphatic carbocycles. The second-order valence-corrected chi connectivity index (χ2v) is 5.54. The maximum Gasteiger partial charge on any atom is 0.0275 e. The molecule has 0 aromatic carbocycles. The van der Waals surface area contributed by atoms with E-state index >= 15 is 0 Å². The van der Waals surface area contributed by atoms with Gasteiger partial charge in [0.1, 0.15) is 0 Å². The molecular formula is C13H28N2. The van der Waals surface area contributed by atoms with Crippen LogP contribution in [0.1, 0.15) is 65.7 Å². The Morgan fingerprint density at radius 3 is 2.13 bits per heavy atom. The summed E-state index contributed by atoms with van der Waals surface area (Å²) in [6, 6.07) is 0. The predicted molar refractivity (Wildman–Crippen MR) is 67.0 cm³/mol. The second-order valence-electron chi connectivity index (χ2n) is 5.54. The Balaban J connectivity index is 2.40. The summed E-state index contributed by atoms with van der Waals surface area (Å²) in [5.41, 5.74) is 6.66. The summed E-state index contributed by atoms with van der Waals surface area (Å²) in [7, 11) is 0. The summed E-state index contributed by atoms with van der Waals surface area (Å²) in [6.07, 6.45) is 8.91. The van der Waals surface area contributed by atoms with Crippen LogP contribution >= 0.6 is 0 Å². The molecule has 0 spiro atoms. The van der Waals surface area contributed by atoms with E-state index in [0.29, 0.717) is 5.54 Å². The highest BCUT2D eigenvalue weighted by molar-refractivity contribution is 4.91. The average Bonchev–Trinajstić information content (AvgIpc) is 2.27. The summed E-state index contributed by atoms with van der Waals surface area (Å²) >= 11 is 0. The number of rotatable bonds is 5. The number of nitrogens with one attached hydrogen (secondary N) is 1. The van der Waals surface area contributed by atoms with Gasteiger partial charge in [-0.25, -0.2) is 0 Å². The van der Waals surface area contributed by atoms with E-state index in [1.807, 2.05) is 0 Å². The highest BCUT2D eigenvalue weighted by Crippen LogP contribution is 2.28. The van der Waals surface area contributed by atoms with Gasteiger partial charge >= 0.3 is 0 Å². The lowest BCUT2D eigenvalue weighted by Crippen LogP contribution is -2.55. The standard InChI is InChI=1S/C13H28N2/c1-4-13(14,5-2)11-15-12(3)9-7-6-8-10-12/h15H,4-11,14H2,1-3H3. The smallest absolute Gasteiger partial charge is 0.0275 e. The molecule has 0 amide bonds. The third-order valence-corrected chi connectivity index (χ3v) is 4.23. The van der Waals surface area contributed by atoms with Gasteiger partial charge in [0.15, 0.2) is 0 Å². The molecule has 0 radical (unpaired) electrons. The van der Waals surface area contributed by atoms with Gasteiger partial charge in [0, 0.05) is 17.6 Å². The van der Waals surface area contributed by atoms with E-state index in [-0.39, 0.29) is 5.54 Å². The van der Waals surface area contributed by atoms with Crippen LogP contribution in [0.4, 0.5) is 0 Å². The molecule has 0 bridgehead atoms. The zero-order valence-electron chi connectivity index (χ0n) is 10.7. The lowest BCUT2D eigenvalue weighted by molar-refractivity contribution is 0.225. The fourth-order valence-corrected chi connectivity index (χ4v) is 2.40. The Bertz CT molecular complexity index is 179. The number of nitrogens with two attached hydrogens (primary N) is 1. The van der Waals surface area contributed by atoms with E-state index in [4.69, 9.17) is 5.73 Å². The van der Waals surface area contributed by atoms with Crippen molar-refractivity contribution in [2.75, 3.05) is 6.54 Å². The van der Waals surface area contributed by atoms with Crippen LogP contribution in [0.15, 0.2) is 0 Å². The molecule has 0 saturated heterocycles. The first kappa shape index (κ1) is 13.0. The monoisotopic (exact) mass is 212 g/mol. The van der Waals surface area contributed by atoms with Crippen LogP contribution in [-0.2, 0) is 0 Å². The minimum absolute atomic E-state index is 0.000454. The van der Waals surface area contributed by atoms with Gasteiger partial charge in [-0.2, -0.15) is 0 Å². The first-order valence-electron chi connectivity index (χ1n) is 6.57. The molecule has 0 aromatic rings. The largest absolute Gasteiger partial charge is 0.324 e. The van der Waals surface area contributed by atoms with Gasteiger partial charge in [0.25, 0.3) is 0 Å². The molecule has 90 valence electrons. The summed E-state index contributed by atoms with van der Waals surface area (Å²) in [4.78, 5) is 0. The quantitative estimate of drug-likeness (QED) is 0.735. The number of hydrogen-bond acceptors (Lipinski definition) is 2. The Labute approximate surface area is 95.0 Å². The molecular weight excluding hydrogens is 184 g/mol. The molecule has 0 aliphatic heterocycles. The van der Waals surface area contributed by atoms with Gasteiger partial charge in [-0.1, -0.05) is 33.1 Å². The van der Waals surface area contributed by atoms with Crippen LogP contribution in [0.5, 0.6) is 0 Å². The zero-order valence-corrected chi connectivity index (χ0v) is 10.7. The Kier molecular flexibility index (Phi) is 4.60. The van der Waals surface area contributed by atoms with Crippen molar-refractivity contribution in [3.8, 4) is 0 Å². The van der Waals surface area contributed by atoms with E-state index < -0.39 is 0 Å². The van der Waals surface area contributed by atoms with Gasteiger partial charge in [0.05, 0.1) is 0 Å². The average molecular weight is 212 g/mol. The van der Waals surface area contributed by atoms with Crippen molar-refractivity contribution in [1.29, 1.82) is 0 Å². The van der Waals surface area contributed by atoms with Crippen LogP contribution in [0.25, 0.3) is 0 Å². The predicted octanol–water partition coefficient (Wildman–Crippen LogP) is 2.82. The summed E-state index contributed by atoms with van der Waals surface area (Å²) in [5.74, 6) is 0. The van der Waals surface area contributed by atoms with Gasteiger partial charge < -0.3 is 11.1 Å². The van der Waals surface area contributed by atoms with Crippen LogP contribution in [-0.4, -0.2) is 17.6 Å². The third-order valence-electron chi connectivity index (χ3n) is 4.23. The minimum atomic E-state index is 0.000454. The van der Waals surface area contributed by atoms with Crippen molar-refractivity contribution in [3.63, 3.8) is 0 Å². The van der Waals surface area contributed by atoms with Gasteiger partial charge in [-0.15, -0.1) is 0 Å². The molecule has 2 heteroatoms. The van der Waals surface area contributed by atoms with E-state index in [0.717, 1.165) is 19.4 Å². The molecule has 1 saturated carbocycles. The highest BCUT2D eigenvalue weighted by atomic mass is 15.0. The molecule has 15 heavy (non-hydrogen) atoms. The van der Waals surface area contributed by atoms with Crippen LogP contribution < -0.4 is 11.1 Å². The van der Waals surface area contributed by atoms with Crippen molar-refractivity contribution in [2.45, 2.75) is 76.8 Å². The van der Waals surface area contributed by atoms with Gasteiger partial charge in [-0.3, -0.25) is 0 Å². The van der Waals surface area contributed by atoms with E-state index in [9.17, 15) is 0 Å². The topological polar surface area (TPSA) is 38.0 Å². The van der Waals surface area contributed by atoms with E-state index in [2.05, 4.69) is 26.1 Å². The van der Waals surface area contributed by atoms with Crippen LogP contribution in [0.2, 0.25) is 0 Å². The van der Waals surface area contributed by atoms with Crippen molar-refractivity contribution in [1.82, 2.24) is 5.32 Å². The maximum absolute atomic E-state index is 6.31. The molecule has 0 heterocycles. The van der Waals surface area contributed by atoms with Crippen molar-refractivity contribution >= 4 is 0 Å². The summed E-state index contributed by atoms with van der Waals surface area (Å²) in [6.45, 7) is 7.71. The highest BCUT2D eigenvalue weighted by Gasteiger charge is 2.29. The molecule has 3 N–H and O–H groups in total. The van der Waals surface area contributed by atoms with Crippen molar-refractivity contribution < 1.29 is 0 Å². The Morgan fingerprint density at radius 2 is 1.67 bits per heavy atom. The van der Waals surface area contributed by atoms with Crippen LogP contribution in [0.3, 0.4) is 0 Å². The van der Waals surface area contributed by atoms with Gasteiger partial charge in [-0.05, 0) is 32.6 Å². The molecule has 1 fully saturated rings. The molecule has 1 aliphatic rings. The summed E-state index contributed by atoms with van der Waals surface area (Å²) < 4.78 is 0. The maximum atomic E-state index is 6.31. The first-order valence-corrected chi connectivity index (χ1v) is 6.57. The lowest BCUT2D eigenvalue weighted by atomic mass is 9.82. The first-order chi connectivity index (χ1) is 7.04. The van der Waals surface area contributed by atoms with Crippen molar-refractivity contribution in [3.05, 3.63) is 0 Å².